The van der Waals surface area contributed by atoms with Crippen molar-refractivity contribution in [2.45, 2.75) is 6.92 Å². The van der Waals surface area contributed by atoms with E-state index in [-0.39, 0.29) is 22.8 Å². The third-order valence-electron chi connectivity index (χ3n) is 4.39. The second-order valence-electron chi connectivity index (χ2n) is 6.60. The molecule has 5 nitrogen and oxygen atoms in total. The molecule has 31 heavy (non-hydrogen) atoms. The number of benzene rings is 3. The first kappa shape index (κ1) is 21.0. The third-order valence-corrected chi connectivity index (χ3v) is 6.07. The van der Waals surface area contributed by atoms with E-state index in [2.05, 4.69) is 15.9 Å². The molecule has 0 amide bonds. The Labute approximate surface area is 190 Å². The number of thiophene rings is 1. The molecule has 1 heterocycles. The van der Waals surface area contributed by atoms with Crippen molar-refractivity contribution in [3.8, 4) is 11.5 Å². The molecular formula is C24H15BrO5S. The predicted octanol–water partition coefficient (Wildman–Crippen LogP) is 6.04. The summed E-state index contributed by atoms with van der Waals surface area (Å²) in [7, 11) is 0. The number of ether oxygens (including phenoxy) is 2. The molecule has 0 unspecified atom stereocenters. The van der Waals surface area contributed by atoms with Crippen molar-refractivity contribution in [1.29, 1.82) is 0 Å². The Kier molecular flexibility index (Phi) is 5.97. The standard InChI is InChI=1S/C24H15BrO5S/c1-14(26)29-18-6-4-5-16(13-18)24(28)30-22-19-7-2-3-8-20(19)31-23(22)21(27)15-9-11-17(25)12-10-15/h2-13H,1H3. The maximum Gasteiger partial charge on any atom is 0.343 e. The summed E-state index contributed by atoms with van der Waals surface area (Å²) in [5.74, 6) is -0.913. The zero-order chi connectivity index (χ0) is 22.0. The molecule has 154 valence electrons. The second-order valence-corrected chi connectivity index (χ2v) is 8.57. The number of esters is 2. The van der Waals surface area contributed by atoms with Crippen LogP contribution in [0.25, 0.3) is 10.1 Å². The largest absolute Gasteiger partial charge is 0.427 e. The van der Waals surface area contributed by atoms with Crippen LogP contribution in [-0.4, -0.2) is 17.7 Å². The van der Waals surface area contributed by atoms with Crippen LogP contribution in [0.5, 0.6) is 11.5 Å². The van der Waals surface area contributed by atoms with Crippen LogP contribution in [0.2, 0.25) is 0 Å². The zero-order valence-electron chi connectivity index (χ0n) is 16.3. The van der Waals surface area contributed by atoms with Gasteiger partial charge in [-0.15, -0.1) is 11.3 Å². The van der Waals surface area contributed by atoms with E-state index in [0.29, 0.717) is 15.8 Å². The van der Waals surface area contributed by atoms with Gasteiger partial charge < -0.3 is 9.47 Å². The molecular weight excluding hydrogens is 480 g/mol. The third kappa shape index (κ3) is 4.57. The van der Waals surface area contributed by atoms with E-state index in [9.17, 15) is 14.4 Å². The Hall–Kier alpha value is -3.29. The second kappa shape index (κ2) is 8.83. The van der Waals surface area contributed by atoms with E-state index in [4.69, 9.17) is 9.47 Å². The number of carbonyl (C=O) groups is 3. The van der Waals surface area contributed by atoms with E-state index < -0.39 is 11.9 Å². The molecule has 0 aliphatic heterocycles. The van der Waals surface area contributed by atoms with Crippen LogP contribution in [-0.2, 0) is 4.79 Å². The Bertz CT molecular complexity index is 1310. The number of fused-ring (bicyclic) bond motifs is 1. The van der Waals surface area contributed by atoms with Gasteiger partial charge in [0.25, 0.3) is 0 Å². The van der Waals surface area contributed by atoms with Crippen molar-refractivity contribution >= 4 is 55.1 Å². The van der Waals surface area contributed by atoms with Crippen molar-refractivity contribution in [2.24, 2.45) is 0 Å². The molecule has 0 atom stereocenters. The monoisotopic (exact) mass is 494 g/mol. The highest BCUT2D eigenvalue weighted by Crippen LogP contribution is 2.39. The fourth-order valence-corrected chi connectivity index (χ4v) is 4.37. The fraction of sp³-hybridized carbons (Fsp3) is 0.0417. The highest BCUT2D eigenvalue weighted by Gasteiger charge is 2.24. The summed E-state index contributed by atoms with van der Waals surface area (Å²) in [6.07, 6.45) is 0. The number of halogens is 1. The Morgan fingerprint density at radius 1 is 0.839 bits per heavy atom. The quantitative estimate of drug-likeness (QED) is 0.192. The molecule has 4 aromatic rings. The molecule has 0 aliphatic carbocycles. The van der Waals surface area contributed by atoms with Crippen LogP contribution >= 0.6 is 27.3 Å². The molecule has 3 aromatic carbocycles. The molecule has 0 fully saturated rings. The Balaban J connectivity index is 1.72. The van der Waals surface area contributed by atoms with Crippen LogP contribution in [0.1, 0.15) is 32.5 Å². The van der Waals surface area contributed by atoms with Gasteiger partial charge in [0.1, 0.15) is 10.6 Å². The van der Waals surface area contributed by atoms with Gasteiger partial charge in [-0.25, -0.2) is 4.79 Å². The highest BCUT2D eigenvalue weighted by atomic mass is 79.9. The lowest BCUT2D eigenvalue weighted by Crippen LogP contribution is -2.11. The van der Waals surface area contributed by atoms with Crippen molar-refractivity contribution in [1.82, 2.24) is 0 Å². The summed E-state index contributed by atoms with van der Waals surface area (Å²) in [6, 6.07) is 20.5. The first-order chi connectivity index (χ1) is 14.9. The predicted molar refractivity (Wildman–Crippen MR) is 122 cm³/mol. The first-order valence-corrected chi connectivity index (χ1v) is 10.9. The van der Waals surface area contributed by atoms with Crippen LogP contribution in [0.3, 0.4) is 0 Å². The Morgan fingerprint density at radius 3 is 2.32 bits per heavy atom. The van der Waals surface area contributed by atoms with E-state index in [0.717, 1.165) is 9.17 Å². The van der Waals surface area contributed by atoms with Crippen LogP contribution in [0.15, 0.2) is 77.3 Å². The first-order valence-electron chi connectivity index (χ1n) is 9.25. The van der Waals surface area contributed by atoms with Gasteiger partial charge in [-0.1, -0.05) is 34.1 Å². The smallest absolute Gasteiger partial charge is 0.343 e. The highest BCUT2D eigenvalue weighted by molar-refractivity contribution is 9.10. The van der Waals surface area contributed by atoms with Gasteiger partial charge >= 0.3 is 11.9 Å². The van der Waals surface area contributed by atoms with E-state index in [1.54, 1.807) is 42.5 Å². The van der Waals surface area contributed by atoms with Crippen LogP contribution in [0, 0.1) is 0 Å². The Morgan fingerprint density at radius 2 is 1.58 bits per heavy atom. The molecule has 0 saturated carbocycles. The molecule has 0 N–H and O–H groups in total. The number of ketones is 1. The lowest BCUT2D eigenvalue weighted by molar-refractivity contribution is -0.131. The molecule has 0 bridgehead atoms. The van der Waals surface area contributed by atoms with Crippen LogP contribution in [0.4, 0.5) is 0 Å². The fourth-order valence-electron chi connectivity index (χ4n) is 3.01. The summed E-state index contributed by atoms with van der Waals surface area (Å²) in [5.41, 5.74) is 0.694. The maximum absolute atomic E-state index is 13.2. The summed E-state index contributed by atoms with van der Waals surface area (Å²) in [5, 5.41) is 0.678. The van der Waals surface area contributed by atoms with Gasteiger partial charge in [0, 0.05) is 27.0 Å². The van der Waals surface area contributed by atoms with Gasteiger partial charge in [-0.05, 0) is 54.6 Å². The maximum atomic E-state index is 13.2. The van der Waals surface area contributed by atoms with Gasteiger partial charge in [0.15, 0.2) is 5.75 Å². The van der Waals surface area contributed by atoms with Crippen LogP contribution < -0.4 is 9.47 Å². The van der Waals surface area contributed by atoms with E-state index in [1.165, 1.54) is 24.3 Å². The SMILES string of the molecule is CC(=O)Oc1cccc(C(=O)Oc2c(C(=O)c3ccc(Br)cc3)sc3ccccc23)c1. The average Bonchev–Trinajstić information content (AvgIpc) is 3.12. The van der Waals surface area contributed by atoms with Crippen molar-refractivity contribution in [2.75, 3.05) is 0 Å². The van der Waals surface area contributed by atoms with Gasteiger partial charge in [0.2, 0.25) is 5.78 Å². The van der Waals surface area contributed by atoms with E-state index >= 15 is 0 Å². The molecule has 0 spiro atoms. The number of carbonyl (C=O) groups excluding carboxylic acids is 3. The molecule has 0 aliphatic rings. The molecule has 7 heteroatoms. The minimum atomic E-state index is -0.651. The number of hydrogen-bond acceptors (Lipinski definition) is 6. The van der Waals surface area contributed by atoms with Crippen molar-refractivity contribution in [3.05, 3.63) is 93.3 Å². The minimum absolute atomic E-state index is 0.205. The zero-order valence-corrected chi connectivity index (χ0v) is 18.7. The average molecular weight is 495 g/mol. The summed E-state index contributed by atoms with van der Waals surface area (Å²) in [4.78, 5) is 37.6. The van der Waals surface area contributed by atoms with Gasteiger partial charge in [0.05, 0.1) is 5.56 Å². The van der Waals surface area contributed by atoms with Crippen molar-refractivity contribution < 1.29 is 23.9 Å². The molecule has 1 aromatic heterocycles. The molecule has 0 saturated heterocycles. The number of hydrogen-bond donors (Lipinski definition) is 0. The topological polar surface area (TPSA) is 69.7 Å². The van der Waals surface area contributed by atoms with Gasteiger partial charge in [-0.2, -0.15) is 0 Å². The van der Waals surface area contributed by atoms with E-state index in [1.807, 2.05) is 24.3 Å². The van der Waals surface area contributed by atoms with Gasteiger partial charge in [-0.3, -0.25) is 9.59 Å². The molecule has 0 radical (unpaired) electrons. The lowest BCUT2D eigenvalue weighted by atomic mass is 10.1. The lowest BCUT2D eigenvalue weighted by Gasteiger charge is -2.08. The summed E-state index contributed by atoms with van der Waals surface area (Å²) >= 11 is 4.64. The molecule has 4 rings (SSSR count). The summed E-state index contributed by atoms with van der Waals surface area (Å²) in [6.45, 7) is 1.28. The summed E-state index contributed by atoms with van der Waals surface area (Å²) < 4.78 is 12.4. The minimum Gasteiger partial charge on any atom is -0.427 e. The van der Waals surface area contributed by atoms with Crippen molar-refractivity contribution in [3.63, 3.8) is 0 Å². The number of rotatable bonds is 5. The normalized spacial score (nSPS) is 10.6.